The van der Waals surface area contributed by atoms with Gasteiger partial charge < -0.3 is 15.3 Å². The smallest absolute Gasteiger partial charge is 0.354 e. The highest BCUT2D eigenvalue weighted by Gasteiger charge is 2.45. The molecule has 1 spiro atoms. The number of aromatic carboxylic acids is 1. The fraction of sp³-hybridized carbons (Fsp3) is 0.533. The van der Waals surface area contributed by atoms with E-state index in [0.717, 1.165) is 38.9 Å². The summed E-state index contributed by atoms with van der Waals surface area (Å²) in [6.07, 6.45) is 4.19. The van der Waals surface area contributed by atoms with Crippen molar-refractivity contribution in [2.45, 2.75) is 19.3 Å². The molecule has 0 saturated carbocycles. The molecule has 0 atom stereocenters. The Balaban J connectivity index is 0.000000172. The zero-order chi connectivity index (χ0) is 16.2. The number of hydrogen-bond acceptors (Lipinski definition) is 4. The van der Waals surface area contributed by atoms with E-state index in [2.05, 4.69) is 4.98 Å². The second-order valence-electron chi connectivity index (χ2n) is 5.45. The Labute approximate surface area is 125 Å². The molecule has 0 unspecified atom stereocenters. The molecule has 0 bridgehead atoms. The largest absolute Gasteiger partial charge is 0.477 e. The number of carboxylic acids is 1. The summed E-state index contributed by atoms with van der Waals surface area (Å²) in [6, 6.07) is 4.76. The molecule has 1 aromatic heterocycles. The van der Waals surface area contributed by atoms with Crippen LogP contribution in [0, 0.1) is 5.41 Å². The summed E-state index contributed by atoms with van der Waals surface area (Å²) >= 11 is 0. The van der Waals surface area contributed by atoms with E-state index in [1.165, 1.54) is 12.3 Å². The van der Waals surface area contributed by atoms with Crippen molar-refractivity contribution < 1.29 is 16.1 Å². The fourth-order valence-corrected chi connectivity index (χ4v) is 2.77. The van der Waals surface area contributed by atoms with Crippen molar-refractivity contribution in [3.8, 4) is 0 Å². The molecule has 2 fully saturated rings. The van der Waals surface area contributed by atoms with Crippen LogP contribution in [0.4, 0.5) is 0 Å². The molecule has 0 aromatic carbocycles. The minimum atomic E-state index is -0.990. The minimum Gasteiger partial charge on any atom is -0.477 e. The van der Waals surface area contributed by atoms with Crippen LogP contribution in [0.1, 0.15) is 29.8 Å². The van der Waals surface area contributed by atoms with E-state index in [1.807, 2.05) is 11.9 Å². The standard InChI is InChI=1S/C9H16N2O.C6H5NO2/c1-11-7-4-9(8(11)12)2-5-10-6-3-9;8-6(9)5-3-1-2-4-7-5/h10H,2-7H2,1H3;1-4H,(H,8,9)/i/hD. The van der Waals surface area contributed by atoms with Gasteiger partial charge in [0.15, 0.2) is 0 Å². The number of amides is 1. The molecule has 0 radical (unpaired) electrons. The van der Waals surface area contributed by atoms with E-state index >= 15 is 0 Å². The Kier molecular flexibility index (Phi) is 4.45. The SMILES string of the molecule is O=C(O)c1ccccn1.[2H]N1CCC2(CC1)CCN(C)C2=O. The van der Waals surface area contributed by atoms with Crippen molar-refractivity contribution in [3.05, 3.63) is 30.1 Å². The second kappa shape index (κ2) is 6.67. The Morgan fingerprint density at radius 3 is 2.57 bits per heavy atom. The monoisotopic (exact) mass is 292 g/mol. The number of hydrogen-bond donors (Lipinski definition) is 2. The molecule has 1 amide bonds. The van der Waals surface area contributed by atoms with Gasteiger partial charge in [-0.05, 0) is 44.5 Å². The summed E-state index contributed by atoms with van der Waals surface area (Å²) in [5.41, 5.74) is -0.00995. The first-order valence-electron chi connectivity index (χ1n) is 7.53. The van der Waals surface area contributed by atoms with Crippen molar-refractivity contribution in [1.82, 2.24) is 15.2 Å². The van der Waals surface area contributed by atoms with Gasteiger partial charge in [-0.15, -0.1) is 0 Å². The quantitative estimate of drug-likeness (QED) is 0.807. The number of likely N-dealkylation sites (tertiary alicyclic amines) is 1. The van der Waals surface area contributed by atoms with Crippen LogP contribution in [0.25, 0.3) is 0 Å². The molecule has 21 heavy (non-hydrogen) atoms. The normalized spacial score (nSPS) is 21.7. The van der Waals surface area contributed by atoms with Crippen LogP contribution < -0.4 is 5.31 Å². The number of piperidine rings is 1. The highest BCUT2D eigenvalue weighted by Crippen LogP contribution is 2.38. The number of rotatable bonds is 1. The lowest BCUT2D eigenvalue weighted by Gasteiger charge is -2.31. The van der Waals surface area contributed by atoms with Crippen LogP contribution in [0.2, 0.25) is 1.41 Å². The van der Waals surface area contributed by atoms with Gasteiger partial charge in [0.05, 0.1) is 5.41 Å². The minimum absolute atomic E-state index is 0.0810. The summed E-state index contributed by atoms with van der Waals surface area (Å²) in [5.74, 6) is -0.684. The van der Waals surface area contributed by atoms with E-state index in [1.54, 1.807) is 17.4 Å². The van der Waals surface area contributed by atoms with Gasteiger partial charge in [0, 0.05) is 19.8 Å². The maximum atomic E-state index is 11.8. The van der Waals surface area contributed by atoms with E-state index in [4.69, 9.17) is 6.52 Å². The van der Waals surface area contributed by atoms with Gasteiger partial charge in [0.25, 0.3) is 0 Å². The summed E-state index contributed by atoms with van der Waals surface area (Å²) in [6.45, 7) is 2.40. The Morgan fingerprint density at radius 2 is 2.14 bits per heavy atom. The van der Waals surface area contributed by atoms with Gasteiger partial charge in [-0.3, -0.25) is 4.79 Å². The molecular weight excluding hydrogens is 270 g/mol. The summed E-state index contributed by atoms with van der Waals surface area (Å²) in [7, 11) is 1.88. The van der Waals surface area contributed by atoms with E-state index in [9.17, 15) is 9.59 Å². The average molecular weight is 292 g/mol. The van der Waals surface area contributed by atoms with Crippen molar-refractivity contribution in [1.29, 1.82) is 0 Å². The second-order valence-corrected chi connectivity index (χ2v) is 5.45. The van der Waals surface area contributed by atoms with Crippen molar-refractivity contribution in [2.24, 2.45) is 5.41 Å². The summed E-state index contributed by atoms with van der Waals surface area (Å²) in [5, 5.41) is 9.89. The van der Waals surface area contributed by atoms with Gasteiger partial charge in [-0.2, -0.15) is 0 Å². The first kappa shape index (κ1) is 14.0. The van der Waals surface area contributed by atoms with E-state index in [-0.39, 0.29) is 11.1 Å². The molecule has 6 heteroatoms. The molecular formula is C15H21N3O3. The van der Waals surface area contributed by atoms with Crippen LogP contribution in [-0.2, 0) is 4.79 Å². The van der Waals surface area contributed by atoms with Gasteiger partial charge in [0.1, 0.15) is 7.11 Å². The first-order chi connectivity index (χ1) is 10.4. The van der Waals surface area contributed by atoms with E-state index < -0.39 is 5.97 Å². The maximum Gasteiger partial charge on any atom is 0.354 e. The van der Waals surface area contributed by atoms with Crippen LogP contribution in [0.3, 0.4) is 0 Å². The summed E-state index contributed by atoms with van der Waals surface area (Å²) < 4.78 is 7.44. The number of carbonyl (C=O) groups is 2. The third-order valence-corrected chi connectivity index (χ3v) is 4.11. The number of nitrogens with one attached hydrogen (secondary N) is 1. The Bertz CT molecular complexity index is 530. The first-order valence-corrected chi connectivity index (χ1v) is 7.08. The van der Waals surface area contributed by atoms with Gasteiger partial charge in [-0.25, -0.2) is 9.78 Å². The molecule has 3 rings (SSSR count). The third-order valence-electron chi connectivity index (χ3n) is 4.11. The number of pyridine rings is 1. The molecule has 2 aliphatic rings. The predicted molar refractivity (Wildman–Crippen MR) is 78.0 cm³/mol. The molecule has 2 aliphatic heterocycles. The van der Waals surface area contributed by atoms with Crippen molar-refractivity contribution in [2.75, 3.05) is 26.7 Å². The zero-order valence-corrected chi connectivity index (χ0v) is 12.2. The highest BCUT2D eigenvalue weighted by molar-refractivity contribution is 5.85. The number of carbonyl (C=O) groups excluding carboxylic acids is 1. The van der Waals surface area contributed by atoms with Crippen LogP contribution in [0.5, 0.6) is 0 Å². The number of aromatic nitrogens is 1. The van der Waals surface area contributed by atoms with Crippen LogP contribution in [0.15, 0.2) is 24.4 Å². The Hall–Kier alpha value is -1.95. The molecule has 3 heterocycles. The third kappa shape index (κ3) is 3.58. The van der Waals surface area contributed by atoms with Crippen molar-refractivity contribution >= 4 is 11.9 Å². The lowest BCUT2D eigenvalue weighted by molar-refractivity contribution is -0.136. The topological polar surface area (TPSA) is 82.5 Å². The lowest BCUT2D eigenvalue weighted by Crippen LogP contribution is -2.41. The number of carboxylic acid groups (broad SMARTS) is 1. The average Bonchev–Trinajstić information content (AvgIpc) is 2.81. The molecule has 0 aliphatic carbocycles. The molecule has 2 saturated heterocycles. The highest BCUT2D eigenvalue weighted by atomic mass is 16.4. The summed E-state index contributed by atoms with van der Waals surface area (Å²) in [4.78, 5) is 27.4. The number of nitrogens with zero attached hydrogens (tertiary/aromatic N) is 2. The predicted octanol–water partition coefficient (Wildman–Crippen LogP) is 0.998. The van der Waals surface area contributed by atoms with Crippen LogP contribution >= 0.6 is 0 Å². The van der Waals surface area contributed by atoms with Gasteiger partial charge >= 0.3 is 5.97 Å². The van der Waals surface area contributed by atoms with E-state index in [0.29, 0.717) is 5.91 Å². The molecule has 2 N–H and O–H groups in total. The van der Waals surface area contributed by atoms with Gasteiger partial charge in [0.2, 0.25) is 5.91 Å². The zero-order valence-electron chi connectivity index (χ0n) is 13.2. The molecule has 6 nitrogen and oxygen atoms in total. The molecule has 114 valence electrons. The van der Waals surface area contributed by atoms with Gasteiger partial charge in [-0.1, -0.05) is 6.07 Å². The molecule has 1 aromatic rings. The fourth-order valence-electron chi connectivity index (χ4n) is 2.77. The maximum absolute atomic E-state index is 11.8. The Morgan fingerprint density at radius 1 is 1.43 bits per heavy atom. The van der Waals surface area contributed by atoms with Crippen molar-refractivity contribution in [3.63, 3.8) is 0 Å². The lowest BCUT2D eigenvalue weighted by atomic mass is 9.78. The van der Waals surface area contributed by atoms with Crippen LogP contribution in [-0.4, -0.2) is 53.5 Å².